The van der Waals surface area contributed by atoms with E-state index in [1.165, 1.54) is 22.0 Å². The maximum atomic E-state index is 5.77. The molecule has 22 heavy (non-hydrogen) atoms. The summed E-state index contributed by atoms with van der Waals surface area (Å²) in [6, 6.07) is 10.8. The summed E-state index contributed by atoms with van der Waals surface area (Å²) in [5, 5.41) is 1.32. The van der Waals surface area contributed by atoms with Gasteiger partial charge in [-0.1, -0.05) is 32.0 Å². The smallest absolute Gasteiger partial charge is 0.0489 e. The van der Waals surface area contributed by atoms with Crippen LogP contribution in [0.25, 0.3) is 22.0 Å². The highest BCUT2D eigenvalue weighted by molar-refractivity contribution is 5.88. The molecule has 0 aliphatic heterocycles. The SMILES string of the molecule is CC(C)Cn1cc(CCN)c2ccc(-c3cccnc3)cc21. The second-order valence-corrected chi connectivity index (χ2v) is 6.21. The highest BCUT2D eigenvalue weighted by Gasteiger charge is 2.10. The van der Waals surface area contributed by atoms with Gasteiger partial charge in [-0.15, -0.1) is 0 Å². The van der Waals surface area contributed by atoms with E-state index in [2.05, 4.69) is 53.9 Å². The average molecular weight is 293 g/mol. The topological polar surface area (TPSA) is 43.8 Å². The molecule has 0 atom stereocenters. The van der Waals surface area contributed by atoms with Gasteiger partial charge in [-0.05, 0) is 42.1 Å². The lowest BCUT2D eigenvalue weighted by molar-refractivity contribution is 0.534. The summed E-state index contributed by atoms with van der Waals surface area (Å²) < 4.78 is 2.37. The lowest BCUT2D eigenvalue weighted by Crippen LogP contribution is -2.04. The Kier molecular flexibility index (Phi) is 4.25. The van der Waals surface area contributed by atoms with Gasteiger partial charge >= 0.3 is 0 Å². The van der Waals surface area contributed by atoms with Gasteiger partial charge in [-0.25, -0.2) is 0 Å². The number of pyridine rings is 1. The van der Waals surface area contributed by atoms with Crippen molar-refractivity contribution in [3.8, 4) is 11.1 Å². The molecular weight excluding hydrogens is 270 g/mol. The lowest BCUT2D eigenvalue weighted by Gasteiger charge is -2.09. The van der Waals surface area contributed by atoms with E-state index >= 15 is 0 Å². The Morgan fingerprint density at radius 2 is 2.05 bits per heavy atom. The van der Waals surface area contributed by atoms with Crippen LogP contribution in [0.3, 0.4) is 0 Å². The van der Waals surface area contributed by atoms with Crippen LogP contribution in [0, 0.1) is 5.92 Å². The minimum Gasteiger partial charge on any atom is -0.347 e. The van der Waals surface area contributed by atoms with Crippen molar-refractivity contribution in [2.24, 2.45) is 11.7 Å². The first kappa shape index (κ1) is 14.8. The zero-order chi connectivity index (χ0) is 15.5. The quantitative estimate of drug-likeness (QED) is 0.776. The van der Waals surface area contributed by atoms with Crippen molar-refractivity contribution < 1.29 is 0 Å². The van der Waals surface area contributed by atoms with Crippen molar-refractivity contribution in [1.29, 1.82) is 0 Å². The molecule has 2 aromatic heterocycles. The largest absolute Gasteiger partial charge is 0.347 e. The van der Waals surface area contributed by atoms with Crippen molar-refractivity contribution in [1.82, 2.24) is 9.55 Å². The zero-order valence-electron chi connectivity index (χ0n) is 13.3. The molecule has 0 saturated carbocycles. The van der Waals surface area contributed by atoms with E-state index in [0.29, 0.717) is 12.5 Å². The summed E-state index contributed by atoms with van der Waals surface area (Å²) in [4.78, 5) is 4.22. The Morgan fingerprint density at radius 3 is 2.73 bits per heavy atom. The number of benzene rings is 1. The van der Waals surface area contributed by atoms with Gasteiger partial charge in [0.15, 0.2) is 0 Å². The Morgan fingerprint density at radius 1 is 1.18 bits per heavy atom. The van der Waals surface area contributed by atoms with E-state index in [1.807, 2.05) is 18.5 Å². The van der Waals surface area contributed by atoms with Gasteiger partial charge in [0.05, 0.1) is 0 Å². The monoisotopic (exact) mass is 293 g/mol. The molecule has 0 amide bonds. The number of hydrogen-bond acceptors (Lipinski definition) is 2. The fraction of sp³-hybridized carbons (Fsp3) is 0.316. The van der Waals surface area contributed by atoms with Crippen molar-refractivity contribution in [3.63, 3.8) is 0 Å². The third-order valence-corrected chi connectivity index (χ3v) is 3.94. The number of rotatable bonds is 5. The van der Waals surface area contributed by atoms with Crippen molar-refractivity contribution >= 4 is 10.9 Å². The van der Waals surface area contributed by atoms with Gasteiger partial charge < -0.3 is 10.3 Å². The third-order valence-electron chi connectivity index (χ3n) is 3.94. The van der Waals surface area contributed by atoms with Crippen molar-refractivity contribution in [2.75, 3.05) is 6.54 Å². The Balaban J connectivity index is 2.12. The van der Waals surface area contributed by atoms with Crippen molar-refractivity contribution in [3.05, 3.63) is 54.5 Å². The van der Waals surface area contributed by atoms with Gasteiger partial charge in [0.25, 0.3) is 0 Å². The molecule has 0 spiro atoms. The summed E-state index contributed by atoms with van der Waals surface area (Å²) >= 11 is 0. The summed E-state index contributed by atoms with van der Waals surface area (Å²) in [6.45, 7) is 6.21. The molecule has 0 unspecified atom stereocenters. The van der Waals surface area contributed by atoms with Crippen molar-refractivity contribution in [2.45, 2.75) is 26.8 Å². The van der Waals surface area contributed by atoms with Gasteiger partial charge in [0, 0.05) is 41.6 Å². The third kappa shape index (κ3) is 2.90. The predicted molar refractivity (Wildman–Crippen MR) is 92.8 cm³/mol. The number of fused-ring (bicyclic) bond motifs is 1. The minimum absolute atomic E-state index is 0.614. The molecule has 2 heterocycles. The molecule has 114 valence electrons. The fourth-order valence-corrected chi connectivity index (χ4v) is 2.98. The first-order chi connectivity index (χ1) is 10.7. The van der Waals surface area contributed by atoms with E-state index in [-0.39, 0.29) is 0 Å². The van der Waals surface area contributed by atoms with Crippen LogP contribution in [0.2, 0.25) is 0 Å². The van der Waals surface area contributed by atoms with E-state index < -0.39 is 0 Å². The van der Waals surface area contributed by atoms with Crippen LogP contribution in [0.4, 0.5) is 0 Å². The molecule has 0 fully saturated rings. The molecule has 2 N–H and O–H groups in total. The summed E-state index contributed by atoms with van der Waals surface area (Å²) in [5.74, 6) is 0.614. The highest BCUT2D eigenvalue weighted by atomic mass is 15.0. The average Bonchev–Trinajstić information content (AvgIpc) is 2.85. The molecule has 3 heteroatoms. The van der Waals surface area contributed by atoms with E-state index in [9.17, 15) is 0 Å². The second kappa shape index (κ2) is 6.32. The highest BCUT2D eigenvalue weighted by Crippen LogP contribution is 2.28. The standard InChI is InChI=1S/C19H23N3/c1-14(2)12-22-13-17(7-8-20)18-6-5-15(10-19(18)22)16-4-3-9-21-11-16/h3-6,9-11,13-14H,7-8,12,20H2,1-2H3. The van der Waals surface area contributed by atoms with Crippen LogP contribution in [0.5, 0.6) is 0 Å². The van der Waals surface area contributed by atoms with Crippen LogP contribution >= 0.6 is 0 Å². The Bertz CT molecular complexity index is 757. The summed E-state index contributed by atoms with van der Waals surface area (Å²) in [6.07, 6.45) is 6.92. The molecule has 3 aromatic rings. The van der Waals surface area contributed by atoms with Gasteiger partial charge in [-0.3, -0.25) is 4.98 Å². The van der Waals surface area contributed by atoms with Gasteiger partial charge in [0.1, 0.15) is 0 Å². The second-order valence-electron chi connectivity index (χ2n) is 6.21. The molecule has 0 aliphatic carbocycles. The molecule has 0 bridgehead atoms. The lowest BCUT2D eigenvalue weighted by atomic mass is 10.0. The molecule has 3 rings (SSSR count). The normalized spacial score (nSPS) is 11.5. The van der Waals surface area contributed by atoms with Crippen LogP contribution in [-0.4, -0.2) is 16.1 Å². The predicted octanol–water partition coefficient (Wildman–Crippen LogP) is 3.86. The number of hydrogen-bond donors (Lipinski definition) is 1. The van der Waals surface area contributed by atoms with Crippen LogP contribution in [0.1, 0.15) is 19.4 Å². The van der Waals surface area contributed by atoms with Gasteiger partial charge in [0.2, 0.25) is 0 Å². The van der Waals surface area contributed by atoms with Crippen LogP contribution in [-0.2, 0) is 13.0 Å². The van der Waals surface area contributed by atoms with E-state index in [1.54, 1.807) is 0 Å². The number of aromatic nitrogens is 2. The number of nitrogens with two attached hydrogens (primary N) is 1. The fourth-order valence-electron chi connectivity index (χ4n) is 2.98. The summed E-state index contributed by atoms with van der Waals surface area (Å²) in [7, 11) is 0. The molecule has 0 radical (unpaired) electrons. The minimum atomic E-state index is 0.614. The molecule has 1 aromatic carbocycles. The Hall–Kier alpha value is -2.13. The maximum absolute atomic E-state index is 5.77. The first-order valence-corrected chi connectivity index (χ1v) is 7.91. The van der Waals surface area contributed by atoms with Gasteiger partial charge in [-0.2, -0.15) is 0 Å². The van der Waals surface area contributed by atoms with E-state index in [0.717, 1.165) is 18.5 Å². The Labute approximate surface area is 131 Å². The zero-order valence-corrected chi connectivity index (χ0v) is 13.3. The molecule has 0 saturated heterocycles. The van der Waals surface area contributed by atoms with Crippen LogP contribution < -0.4 is 5.73 Å². The molecule has 3 nitrogen and oxygen atoms in total. The number of nitrogens with zero attached hydrogens (tertiary/aromatic N) is 2. The molecular formula is C19H23N3. The first-order valence-electron chi connectivity index (χ1n) is 7.91. The maximum Gasteiger partial charge on any atom is 0.0489 e. The molecule has 0 aliphatic rings. The summed E-state index contributed by atoms with van der Waals surface area (Å²) in [5.41, 5.74) is 10.8. The van der Waals surface area contributed by atoms with Crippen LogP contribution in [0.15, 0.2) is 48.9 Å². The van der Waals surface area contributed by atoms with E-state index in [4.69, 9.17) is 5.73 Å².